The van der Waals surface area contributed by atoms with E-state index in [-0.39, 0.29) is 28.5 Å². The van der Waals surface area contributed by atoms with Crippen LogP contribution in [0.3, 0.4) is 0 Å². The molecule has 4 nitrogen and oxygen atoms in total. The van der Waals surface area contributed by atoms with Crippen molar-refractivity contribution in [1.29, 1.82) is 0 Å². The molecule has 2 aliphatic heterocycles. The Morgan fingerprint density at radius 2 is 0.934 bits per heavy atom. The number of fused-ring (bicyclic) bond motifs is 8. The molecule has 0 saturated heterocycles. The molecule has 0 bridgehead atoms. The Morgan fingerprint density at radius 3 is 1.54 bits per heavy atom. The van der Waals surface area contributed by atoms with Crippen LogP contribution in [0.4, 0.5) is 45.5 Å². The van der Waals surface area contributed by atoms with E-state index in [4.69, 9.17) is 4.42 Å². The van der Waals surface area contributed by atoms with Gasteiger partial charge in [-0.3, -0.25) is 0 Å². The lowest BCUT2D eigenvalue weighted by molar-refractivity contribution is 0.590. The van der Waals surface area contributed by atoms with Gasteiger partial charge >= 0.3 is 6.85 Å². The van der Waals surface area contributed by atoms with Crippen LogP contribution in [0.1, 0.15) is 111 Å². The first-order chi connectivity index (χ1) is 36.1. The molecule has 3 heterocycles. The summed E-state index contributed by atoms with van der Waals surface area (Å²) in [5.74, 6) is 0. The van der Waals surface area contributed by atoms with Crippen LogP contribution in [0.2, 0.25) is 0 Å². The van der Waals surface area contributed by atoms with Gasteiger partial charge < -0.3 is 19.0 Å². The summed E-state index contributed by atoms with van der Waals surface area (Å²) in [7, 11) is 0. The third kappa shape index (κ3) is 8.31. The minimum absolute atomic E-state index is 0.0209. The predicted octanol–water partition coefficient (Wildman–Crippen LogP) is 18.9. The highest BCUT2D eigenvalue weighted by Gasteiger charge is 2.47. The molecule has 0 radical (unpaired) electrons. The number of aryl methyl sites for hydroxylation is 1. The predicted molar refractivity (Wildman–Crippen MR) is 327 cm³/mol. The number of para-hydroxylation sites is 1. The summed E-state index contributed by atoms with van der Waals surface area (Å²) < 4.78 is 7.27. The second-order valence-electron chi connectivity index (χ2n) is 25.6. The van der Waals surface area contributed by atoms with Crippen molar-refractivity contribution in [1.82, 2.24) is 0 Å². The fourth-order valence-electron chi connectivity index (χ4n) is 11.9. The van der Waals surface area contributed by atoms with E-state index in [1.165, 1.54) is 61.2 Å². The molecule has 1 aromatic heterocycles. The summed E-state index contributed by atoms with van der Waals surface area (Å²) in [4.78, 5) is 7.64. The van der Waals surface area contributed by atoms with Crippen LogP contribution >= 0.6 is 0 Å². The molecular weight excluding hydrogens is 922 g/mol. The quantitative estimate of drug-likeness (QED) is 0.155. The molecule has 0 saturated carbocycles. The molecule has 0 N–H and O–H groups in total. The van der Waals surface area contributed by atoms with Crippen molar-refractivity contribution in [3.8, 4) is 22.3 Å². The third-order valence-electron chi connectivity index (χ3n) is 16.1. The van der Waals surface area contributed by atoms with Gasteiger partial charge in [0.25, 0.3) is 0 Å². The Morgan fingerprint density at radius 1 is 0.395 bits per heavy atom. The summed E-state index contributed by atoms with van der Waals surface area (Å²) in [6, 6.07) is 71.1. The average molecular weight is 992 g/mol. The summed E-state index contributed by atoms with van der Waals surface area (Å²) in [6.07, 6.45) is 0. The van der Waals surface area contributed by atoms with Crippen LogP contribution in [0.25, 0.3) is 44.2 Å². The van der Waals surface area contributed by atoms with Gasteiger partial charge in [-0.05, 0) is 158 Å². The average Bonchev–Trinajstić information content (AvgIpc) is 3.78. The highest BCUT2D eigenvalue weighted by molar-refractivity contribution is 6.95. The summed E-state index contributed by atoms with van der Waals surface area (Å²) in [5, 5.41) is 2.23. The number of anilines is 8. The summed E-state index contributed by atoms with van der Waals surface area (Å²) in [5.41, 5.74) is 24.4. The van der Waals surface area contributed by atoms with Crippen LogP contribution in [0, 0.1) is 6.92 Å². The lowest BCUT2D eigenvalue weighted by Crippen LogP contribution is -2.61. The Labute approximate surface area is 451 Å². The zero-order valence-electron chi connectivity index (χ0n) is 46.7. The van der Waals surface area contributed by atoms with E-state index in [0.29, 0.717) is 0 Å². The first-order valence-corrected chi connectivity index (χ1v) is 27.3. The van der Waals surface area contributed by atoms with Gasteiger partial charge in [0, 0.05) is 67.2 Å². The fraction of sp³-hybridized carbons (Fsp3) is 0.239. The monoisotopic (exact) mass is 992 g/mol. The highest BCUT2D eigenvalue weighted by Crippen LogP contribution is 2.52. The van der Waals surface area contributed by atoms with E-state index in [9.17, 15) is 0 Å². The maximum Gasteiger partial charge on any atom is 0.336 e. The number of furan rings is 1. The van der Waals surface area contributed by atoms with E-state index in [1.54, 1.807) is 0 Å². The van der Waals surface area contributed by atoms with E-state index < -0.39 is 0 Å². The van der Waals surface area contributed by atoms with E-state index in [1.807, 2.05) is 0 Å². The van der Waals surface area contributed by atoms with Gasteiger partial charge in [-0.15, -0.1) is 0 Å². The van der Waals surface area contributed by atoms with Gasteiger partial charge in [0.15, 0.2) is 0 Å². The number of hydrogen-bond acceptors (Lipinski definition) is 4. The number of nitrogens with zero attached hydrogens (tertiary/aromatic N) is 3. The molecule has 9 aromatic carbocycles. The Kier molecular flexibility index (Phi) is 11.4. The second kappa shape index (κ2) is 17.7. The van der Waals surface area contributed by atoms with Crippen molar-refractivity contribution >= 4 is 85.2 Å². The summed E-state index contributed by atoms with van der Waals surface area (Å²) in [6.45, 7) is 29.5. The molecular formula is C71H70BN3O. The van der Waals surface area contributed by atoms with Crippen molar-refractivity contribution in [2.45, 2.75) is 112 Å². The van der Waals surface area contributed by atoms with Crippen LogP contribution < -0.4 is 25.5 Å². The van der Waals surface area contributed by atoms with Gasteiger partial charge in [-0.2, -0.15) is 0 Å². The molecule has 5 heteroatoms. The molecule has 0 fully saturated rings. The normalized spacial score (nSPS) is 13.5. The molecule has 0 aliphatic carbocycles. The molecule has 0 spiro atoms. The second-order valence-corrected chi connectivity index (χ2v) is 25.6. The SMILES string of the molecule is Cc1cc2c3c(c1)N(c1ccc(C(C)(C)C)cc1-c1ccccc1)c1ccc4c(oc5ccccc54)c1B3N(c1ccc(C(C)(C)C)cc1)c1cc(N(c3ccc(C(C)(C)C)cc3)c3ccc(C(C)(C)C)cc3)ccc1-2. The van der Waals surface area contributed by atoms with E-state index >= 15 is 0 Å². The number of benzene rings is 9. The van der Waals surface area contributed by atoms with Gasteiger partial charge in [0.2, 0.25) is 0 Å². The zero-order chi connectivity index (χ0) is 53.2. The highest BCUT2D eigenvalue weighted by atomic mass is 16.3. The maximum atomic E-state index is 7.27. The van der Waals surface area contributed by atoms with Crippen molar-refractivity contribution in [2.75, 3.05) is 14.6 Å². The number of hydrogen-bond donors (Lipinski definition) is 0. The Hall–Kier alpha value is -7.76. The Bertz CT molecular complexity index is 3800. The standard InChI is InChI=1S/C71H70BN3O/c1-45-41-59-55-37-36-54(73(51-30-23-47(24-31-51)68(2,3)4)52-32-25-48(26-33-52)69(5,6)7)44-62(55)75(53-34-27-49(28-35-53)70(8,9)10)72-65(59)63(42-45)74(61-40-38-57-56-21-17-18-22-64(56)76-67(57)66(61)72)60-39-29-50(71(11,12)13)43-58(60)46-19-15-14-16-20-46/h14-44H,1-13H3. The maximum absolute atomic E-state index is 7.27. The fourth-order valence-corrected chi connectivity index (χ4v) is 11.9. The zero-order valence-corrected chi connectivity index (χ0v) is 46.7. The van der Waals surface area contributed by atoms with Gasteiger partial charge in [0.1, 0.15) is 11.2 Å². The van der Waals surface area contributed by atoms with Crippen molar-refractivity contribution < 1.29 is 4.42 Å². The van der Waals surface area contributed by atoms with E-state index in [0.717, 1.165) is 67.2 Å². The van der Waals surface area contributed by atoms with Crippen LogP contribution in [0.15, 0.2) is 192 Å². The molecule has 0 atom stereocenters. The summed E-state index contributed by atoms with van der Waals surface area (Å²) >= 11 is 0. The smallest absolute Gasteiger partial charge is 0.336 e. The third-order valence-corrected chi connectivity index (χ3v) is 16.1. The lowest BCUT2D eigenvalue weighted by Gasteiger charge is -2.46. The molecule has 10 aromatic rings. The molecule has 12 rings (SSSR count). The van der Waals surface area contributed by atoms with Crippen molar-refractivity contribution in [2.24, 2.45) is 0 Å². The van der Waals surface area contributed by atoms with Gasteiger partial charge in [-0.1, -0.05) is 186 Å². The molecule has 0 unspecified atom stereocenters. The molecule has 0 amide bonds. The first-order valence-electron chi connectivity index (χ1n) is 27.3. The first kappa shape index (κ1) is 49.1. The topological polar surface area (TPSA) is 22.9 Å². The minimum Gasteiger partial charge on any atom is -0.456 e. The van der Waals surface area contributed by atoms with Crippen LogP contribution in [0.5, 0.6) is 0 Å². The van der Waals surface area contributed by atoms with Crippen LogP contribution in [-0.4, -0.2) is 6.85 Å². The van der Waals surface area contributed by atoms with Crippen molar-refractivity contribution in [3.63, 3.8) is 0 Å². The molecule has 378 valence electrons. The van der Waals surface area contributed by atoms with Crippen molar-refractivity contribution in [3.05, 3.63) is 216 Å². The minimum atomic E-state index is -0.274. The Balaban J connectivity index is 1.18. The van der Waals surface area contributed by atoms with Gasteiger partial charge in [0.05, 0.1) is 5.69 Å². The van der Waals surface area contributed by atoms with E-state index in [2.05, 4.69) is 293 Å². The number of rotatable bonds is 6. The molecule has 76 heavy (non-hydrogen) atoms. The lowest BCUT2D eigenvalue weighted by atomic mass is 9.43. The van der Waals surface area contributed by atoms with Gasteiger partial charge in [-0.25, -0.2) is 0 Å². The largest absolute Gasteiger partial charge is 0.456 e. The van der Waals surface area contributed by atoms with Crippen LogP contribution in [-0.2, 0) is 21.7 Å². The molecule has 2 aliphatic rings.